The molecule has 3 N–H and O–H groups in total. The number of benzene rings is 2. The fraction of sp³-hybridized carbons (Fsp3) is 0.286. The first kappa shape index (κ1) is 24.5. The van der Waals surface area contributed by atoms with E-state index in [1.807, 2.05) is 19.1 Å². The Kier molecular flexibility index (Phi) is 9.94. The minimum absolute atomic E-state index is 0.0829. The highest BCUT2D eigenvalue weighted by molar-refractivity contribution is 5.77. The number of halogens is 2. The lowest BCUT2D eigenvalue weighted by atomic mass is 10.1. The van der Waals surface area contributed by atoms with Crippen LogP contribution in [0.1, 0.15) is 28.4 Å². The molecule has 0 bridgehead atoms. The van der Waals surface area contributed by atoms with Gasteiger partial charge in [-0.1, -0.05) is 18.2 Å². The number of carbonyl (C=O) groups is 3. The minimum Gasteiger partial charge on any atom is -0.490 e. The zero-order valence-corrected chi connectivity index (χ0v) is 16.9. The number of hydrogen-bond acceptors (Lipinski definition) is 5. The summed E-state index contributed by atoms with van der Waals surface area (Å²) in [6.07, 6.45) is 1.48. The molecule has 2 aromatic rings. The summed E-state index contributed by atoms with van der Waals surface area (Å²) in [5.41, 5.74) is 2.88. The summed E-state index contributed by atoms with van der Waals surface area (Å²) in [4.78, 5) is 31.1. The van der Waals surface area contributed by atoms with Crippen LogP contribution in [0, 0.1) is 24.5 Å². The smallest absolute Gasteiger partial charge is 0.309 e. The Hall–Kier alpha value is -3.49. The molecule has 0 aliphatic carbocycles. The molecule has 0 radical (unpaired) electrons. The average molecular weight is 422 g/mol. The number of aliphatic carboxylic acids is 1. The fourth-order valence-electron chi connectivity index (χ4n) is 2.27. The van der Waals surface area contributed by atoms with Crippen LogP contribution in [0.2, 0.25) is 0 Å². The Morgan fingerprint density at radius 2 is 1.87 bits per heavy atom. The Morgan fingerprint density at radius 1 is 1.20 bits per heavy atom. The Bertz CT molecular complexity index is 890. The first-order valence-electron chi connectivity index (χ1n) is 8.97. The van der Waals surface area contributed by atoms with Crippen molar-refractivity contribution in [1.29, 1.82) is 0 Å². The van der Waals surface area contributed by atoms with Crippen LogP contribution in [0.25, 0.3) is 0 Å². The van der Waals surface area contributed by atoms with Crippen LogP contribution in [0.15, 0.2) is 30.3 Å². The second-order valence-electron chi connectivity index (χ2n) is 6.37. The van der Waals surface area contributed by atoms with Gasteiger partial charge in [-0.2, -0.15) is 0 Å². The number of hydrogen-bond donors (Lipinski definition) is 3. The molecule has 1 unspecified atom stereocenters. The molecular weight excluding hydrogens is 398 g/mol. The maximum Gasteiger partial charge on any atom is 0.309 e. The average Bonchev–Trinajstić information content (AvgIpc) is 2.72. The fourth-order valence-corrected chi connectivity index (χ4v) is 2.27. The molecule has 0 aromatic heterocycles. The van der Waals surface area contributed by atoms with Gasteiger partial charge in [-0.05, 0) is 25.0 Å². The van der Waals surface area contributed by atoms with E-state index >= 15 is 0 Å². The van der Waals surface area contributed by atoms with Crippen LogP contribution in [-0.4, -0.2) is 37.4 Å². The number of anilines is 1. The third-order valence-corrected chi connectivity index (χ3v) is 4.05. The zero-order valence-electron chi connectivity index (χ0n) is 16.9. The summed E-state index contributed by atoms with van der Waals surface area (Å²) in [6, 6.07) is 7.31. The molecule has 7 nitrogen and oxygen atoms in total. The SMILES string of the molecule is CNc1cc(F)c(F)cc1OCC(C)C(=O)O.Cc1cc(CNC=O)ccc1C=O. The van der Waals surface area contributed by atoms with E-state index in [-0.39, 0.29) is 18.0 Å². The molecule has 0 aliphatic rings. The lowest BCUT2D eigenvalue weighted by Crippen LogP contribution is -2.18. The number of ether oxygens (including phenoxy) is 1. The van der Waals surface area contributed by atoms with Gasteiger partial charge in [-0.3, -0.25) is 14.4 Å². The van der Waals surface area contributed by atoms with Crippen LogP contribution in [0.5, 0.6) is 5.75 Å². The molecule has 1 atom stereocenters. The topological polar surface area (TPSA) is 105 Å². The number of aldehydes is 1. The molecule has 2 aromatic carbocycles. The predicted molar refractivity (Wildman–Crippen MR) is 108 cm³/mol. The van der Waals surface area contributed by atoms with E-state index in [9.17, 15) is 23.2 Å². The maximum atomic E-state index is 13.0. The van der Waals surface area contributed by atoms with Crippen LogP contribution in [-0.2, 0) is 16.1 Å². The van der Waals surface area contributed by atoms with Crippen molar-refractivity contribution < 1.29 is 33.0 Å². The van der Waals surface area contributed by atoms with E-state index in [0.717, 1.165) is 29.5 Å². The lowest BCUT2D eigenvalue weighted by molar-refractivity contribution is -0.142. The van der Waals surface area contributed by atoms with Gasteiger partial charge < -0.3 is 20.5 Å². The molecule has 162 valence electrons. The number of carbonyl (C=O) groups excluding carboxylic acids is 2. The molecule has 0 heterocycles. The van der Waals surface area contributed by atoms with Crippen LogP contribution >= 0.6 is 0 Å². The largest absolute Gasteiger partial charge is 0.490 e. The summed E-state index contributed by atoms with van der Waals surface area (Å²) >= 11 is 0. The first-order chi connectivity index (χ1) is 14.2. The van der Waals surface area contributed by atoms with E-state index in [0.29, 0.717) is 18.5 Å². The quantitative estimate of drug-likeness (QED) is 0.536. The summed E-state index contributed by atoms with van der Waals surface area (Å²) in [6.45, 7) is 3.72. The Morgan fingerprint density at radius 3 is 2.40 bits per heavy atom. The monoisotopic (exact) mass is 422 g/mol. The van der Waals surface area contributed by atoms with Gasteiger partial charge in [-0.25, -0.2) is 8.78 Å². The van der Waals surface area contributed by atoms with Crippen molar-refractivity contribution in [2.24, 2.45) is 5.92 Å². The third kappa shape index (κ3) is 7.50. The number of aryl methyl sites for hydroxylation is 1. The zero-order chi connectivity index (χ0) is 22.7. The molecule has 0 fully saturated rings. The van der Waals surface area contributed by atoms with Crippen molar-refractivity contribution in [1.82, 2.24) is 5.32 Å². The second kappa shape index (κ2) is 12.2. The van der Waals surface area contributed by atoms with Crippen molar-refractivity contribution in [3.8, 4) is 5.75 Å². The van der Waals surface area contributed by atoms with Crippen molar-refractivity contribution in [3.63, 3.8) is 0 Å². The molecule has 30 heavy (non-hydrogen) atoms. The van der Waals surface area contributed by atoms with Crippen LogP contribution < -0.4 is 15.4 Å². The number of rotatable bonds is 9. The van der Waals surface area contributed by atoms with Gasteiger partial charge in [0.05, 0.1) is 11.6 Å². The van der Waals surface area contributed by atoms with Gasteiger partial charge in [-0.15, -0.1) is 0 Å². The highest BCUT2D eigenvalue weighted by atomic mass is 19.2. The van der Waals surface area contributed by atoms with Gasteiger partial charge in [0.15, 0.2) is 11.6 Å². The van der Waals surface area contributed by atoms with Gasteiger partial charge in [0.25, 0.3) is 0 Å². The number of nitrogens with one attached hydrogen (secondary N) is 2. The summed E-state index contributed by atoms with van der Waals surface area (Å²) < 4.78 is 31.0. The summed E-state index contributed by atoms with van der Waals surface area (Å²) in [5, 5.41) is 13.9. The van der Waals surface area contributed by atoms with E-state index in [2.05, 4.69) is 10.6 Å². The number of carboxylic acid groups (broad SMARTS) is 1. The number of carboxylic acids is 1. The highest BCUT2D eigenvalue weighted by Crippen LogP contribution is 2.27. The molecular formula is C21H24F2N2O5. The van der Waals surface area contributed by atoms with Crippen molar-refractivity contribution in [2.75, 3.05) is 19.0 Å². The van der Waals surface area contributed by atoms with Crippen molar-refractivity contribution in [2.45, 2.75) is 20.4 Å². The van der Waals surface area contributed by atoms with Crippen molar-refractivity contribution >= 4 is 24.4 Å². The predicted octanol–water partition coefficient (Wildman–Crippen LogP) is 3.16. The van der Waals surface area contributed by atoms with Gasteiger partial charge >= 0.3 is 5.97 Å². The minimum atomic E-state index is -1.04. The van der Waals surface area contributed by atoms with Crippen LogP contribution in [0.3, 0.4) is 0 Å². The van der Waals surface area contributed by atoms with Crippen molar-refractivity contribution in [3.05, 3.63) is 58.7 Å². The molecule has 0 spiro atoms. The summed E-state index contributed by atoms with van der Waals surface area (Å²) in [7, 11) is 1.53. The molecule has 2 rings (SSSR count). The normalized spacial score (nSPS) is 10.8. The van der Waals surface area contributed by atoms with Gasteiger partial charge in [0.2, 0.25) is 6.41 Å². The van der Waals surface area contributed by atoms with E-state index in [4.69, 9.17) is 9.84 Å². The van der Waals surface area contributed by atoms with Gasteiger partial charge in [0, 0.05) is 31.3 Å². The summed E-state index contributed by atoms with van der Waals surface area (Å²) in [5.74, 6) is -3.69. The molecule has 1 amide bonds. The van der Waals surface area contributed by atoms with Gasteiger partial charge in [0.1, 0.15) is 18.6 Å². The maximum absolute atomic E-state index is 13.0. The van der Waals surface area contributed by atoms with E-state index < -0.39 is 23.5 Å². The third-order valence-electron chi connectivity index (χ3n) is 4.05. The molecule has 0 saturated carbocycles. The van der Waals surface area contributed by atoms with E-state index in [1.165, 1.54) is 14.0 Å². The highest BCUT2D eigenvalue weighted by Gasteiger charge is 2.15. The van der Waals surface area contributed by atoms with E-state index in [1.54, 1.807) is 6.07 Å². The standard InChI is InChI=1S/C11H13F2NO3.C10H11NO2/c1-6(11(15)16)5-17-10-4-8(13)7(12)3-9(10)14-2;1-8-4-9(5-11-7-13)2-3-10(8)6-12/h3-4,6,14H,5H2,1-2H3,(H,15,16);2-4,6-7H,5H2,1H3,(H,11,13). The second-order valence-corrected chi connectivity index (χ2v) is 6.37. The Labute approximate surface area is 173 Å². The Balaban J connectivity index is 0.000000311. The lowest BCUT2D eigenvalue weighted by Gasteiger charge is -2.13. The molecule has 9 heteroatoms. The number of amides is 1. The first-order valence-corrected chi connectivity index (χ1v) is 8.97. The molecule has 0 aliphatic heterocycles. The molecule has 0 saturated heterocycles. The van der Waals surface area contributed by atoms with Crippen LogP contribution in [0.4, 0.5) is 14.5 Å².